The fraction of sp³-hybridized carbons (Fsp3) is 0.500. The molecule has 2 N–H and O–H groups in total. The van der Waals surface area contributed by atoms with E-state index in [1.54, 1.807) is 0 Å². The number of aryl methyl sites for hydroxylation is 1. The molecule has 6 nitrogen and oxygen atoms in total. The van der Waals surface area contributed by atoms with Gasteiger partial charge in [-0.25, -0.2) is 0 Å². The van der Waals surface area contributed by atoms with Gasteiger partial charge < -0.3 is 10.5 Å². The molecule has 2 aromatic heterocycles. The number of hydrogen-bond donors (Lipinski definition) is 1. The van der Waals surface area contributed by atoms with E-state index in [0.29, 0.717) is 18.1 Å². The van der Waals surface area contributed by atoms with Gasteiger partial charge in [-0.2, -0.15) is 4.52 Å². The summed E-state index contributed by atoms with van der Waals surface area (Å²) in [5.41, 5.74) is 8.44. The standard InChI is InChI=1S/C10H15N5O/c1-4-7-6(3)8-12-13-10(11)15(8)14-9(7)16-5-2/h4-5H2,1-3H3,(H2,11,13). The van der Waals surface area contributed by atoms with Gasteiger partial charge in [0.15, 0.2) is 5.65 Å². The van der Waals surface area contributed by atoms with E-state index in [1.165, 1.54) is 4.52 Å². The molecular weight excluding hydrogens is 206 g/mol. The van der Waals surface area contributed by atoms with Gasteiger partial charge in [-0.05, 0) is 20.3 Å². The third-order valence-corrected chi connectivity index (χ3v) is 2.54. The summed E-state index contributed by atoms with van der Waals surface area (Å²) in [4.78, 5) is 0. The lowest BCUT2D eigenvalue weighted by molar-refractivity contribution is 0.317. The summed E-state index contributed by atoms with van der Waals surface area (Å²) < 4.78 is 7.01. The zero-order valence-corrected chi connectivity index (χ0v) is 9.69. The largest absolute Gasteiger partial charge is 0.477 e. The number of aromatic nitrogens is 4. The molecule has 0 fully saturated rings. The zero-order valence-electron chi connectivity index (χ0n) is 9.69. The van der Waals surface area contributed by atoms with Crippen molar-refractivity contribution in [3.63, 3.8) is 0 Å². The Hall–Kier alpha value is -1.85. The molecule has 6 heteroatoms. The van der Waals surface area contributed by atoms with Crippen molar-refractivity contribution in [2.75, 3.05) is 12.3 Å². The summed E-state index contributed by atoms with van der Waals surface area (Å²) in [5.74, 6) is 0.892. The van der Waals surface area contributed by atoms with Gasteiger partial charge in [0.25, 0.3) is 0 Å². The summed E-state index contributed by atoms with van der Waals surface area (Å²) in [6.07, 6.45) is 0.845. The highest BCUT2D eigenvalue weighted by Gasteiger charge is 2.15. The maximum Gasteiger partial charge on any atom is 0.243 e. The lowest BCUT2D eigenvalue weighted by atomic mass is 10.1. The molecule has 0 aliphatic heterocycles. The molecule has 0 saturated carbocycles. The quantitative estimate of drug-likeness (QED) is 0.835. The van der Waals surface area contributed by atoms with Crippen molar-refractivity contribution in [3.05, 3.63) is 11.1 Å². The van der Waals surface area contributed by atoms with Crippen LogP contribution in [-0.4, -0.2) is 26.4 Å². The van der Waals surface area contributed by atoms with Crippen LogP contribution in [0.4, 0.5) is 5.95 Å². The SMILES string of the molecule is CCOc1nn2c(N)nnc2c(C)c1CC. The van der Waals surface area contributed by atoms with E-state index in [9.17, 15) is 0 Å². The number of nitrogen functional groups attached to an aromatic ring is 1. The molecular formula is C10H15N5O. The van der Waals surface area contributed by atoms with E-state index in [-0.39, 0.29) is 5.95 Å². The van der Waals surface area contributed by atoms with Crippen LogP contribution in [0.2, 0.25) is 0 Å². The first-order chi connectivity index (χ1) is 7.69. The second kappa shape index (κ2) is 3.96. The minimum atomic E-state index is 0.279. The molecule has 86 valence electrons. The molecule has 0 bridgehead atoms. The maximum atomic E-state index is 5.67. The van der Waals surface area contributed by atoms with Gasteiger partial charge in [0, 0.05) is 11.1 Å². The lowest BCUT2D eigenvalue weighted by Gasteiger charge is -2.10. The average molecular weight is 221 g/mol. The van der Waals surface area contributed by atoms with Crippen LogP contribution in [0, 0.1) is 6.92 Å². The van der Waals surface area contributed by atoms with Crippen LogP contribution in [0.15, 0.2) is 0 Å². The molecule has 0 spiro atoms. The molecule has 0 aliphatic rings. The number of rotatable bonds is 3. The second-order valence-corrected chi connectivity index (χ2v) is 3.49. The van der Waals surface area contributed by atoms with Gasteiger partial charge in [-0.1, -0.05) is 6.92 Å². The van der Waals surface area contributed by atoms with E-state index in [4.69, 9.17) is 10.5 Å². The first-order valence-corrected chi connectivity index (χ1v) is 5.32. The van der Waals surface area contributed by atoms with Crippen LogP contribution >= 0.6 is 0 Å². The maximum absolute atomic E-state index is 5.67. The van der Waals surface area contributed by atoms with Crippen molar-refractivity contribution in [2.45, 2.75) is 27.2 Å². The van der Waals surface area contributed by atoms with Gasteiger partial charge in [-0.15, -0.1) is 15.3 Å². The summed E-state index contributed by atoms with van der Waals surface area (Å²) in [6.45, 7) is 6.54. The van der Waals surface area contributed by atoms with E-state index in [0.717, 1.165) is 17.5 Å². The van der Waals surface area contributed by atoms with E-state index >= 15 is 0 Å². The third-order valence-electron chi connectivity index (χ3n) is 2.54. The molecule has 0 atom stereocenters. The fourth-order valence-corrected chi connectivity index (χ4v) is 1.74. The lowest BCUT2D eigenvalue weighted by Crippen LogP contribution is -2.07. The highest BCUT2D eigenvalue weighted by molar-refractivity contribution is 5.54. The number of hydrogen-bond acceptors (Lipinski definition) is 5. The fourth-order valence-electron chi connectivity index (χ4n) is 1.74. The van der Waals surface area contributed by atoms with Crippen LogP contribution < -0.4 is 10.5 Å². The summed E-state index contributed by atoms with van der Waals surface area (Å²) in [6, 6.07) is 0. The van der Waals surface area contributed by atoms with Crippen LogP contribution in [0.25, 0.3) is 5.65 Å². The molecule has 2 aromatic rings. The smallest absolute Gasteiger partial charge is 0.243 e. The highest BCUT2D eigenvalue weighted by Crippen LogP contribution is 2.23. The van der Waals surface area contributed by atoms with Gasteiger partial charge in [0.1, 0.15) is 0 Å². The van der Waals surface area contributed by atoms with Gasteiger partial charge in [0.05, 0.1) is 6.61 Å². The molecule has 0 radical (unpaired) electrons. The minimum absolute atomic E-state index is 0.279. The molecule has 2 heterocycles. The van der Waals surface area contributed by atoms with Crippen molar-refractivity contribution in [3.8, 4) is 5.88 Å². The Balaban J connectivity index is 2.73. The highest BCUT2D eigenvalue weighted by atomic mass is 16.5. The van der Waals surface area contributed by atoms with E-state index in [2.05, 4.69) is 22.2 Å². The van der Waals surface area contributed by atoms with Crippen molar-refractivity contribution >= 4 is 11.6 Å². The van der Waals surface area contributed by atoms with E-state index < -0.39 is 0 Å². The number of anilines is 1. The molecule has 0 saturated heterocycles. The van der Waals surface area contributed by atoms with Crippen molar-refractivity contribution in [2.24, 2.45) is 0 Å². The molecule has 16 heavy (non-hydrogen) atoms. The zero-order chi connectivity index (χ0) is 11.7. The Morgan fingerprint density at radius 3 is 2.69 bits per heavy atom. The first-order valence-electron chi connectivity index (χ1n) is 5.32. The van der Waals surface area contributed by atoms with Crippen molar-refractivity contribution in [1.82, 2.24) is 19.8 Å². The molecule has 0 unspecified atom stereocenters. The summed E-state index contributed by atoms with van der Waals surface area (Å²) in [7, 11) is 0. The number of nitrogens with two attached hydrogens (primary N) is 1. The Labute approximate surface area is 93.4 Å². The number of ether oxygens (including phenoxy) is 1. The Bertz CT molecular complexity index is 519. The molecule has 2 rings (SSSR count). The Morgan fingerprint density at radius 1 is 1.31 bits per heavy atom. The monoisotopic (exact) mass is 221 g/mol. The predicted octanol–water partition coefficient (Wildman–Crippen LogP) is 0.976. The van der Waals surface area contributed by atoms with Crippen LogP contribution in [0.3, 0.4) is 0 Å². The Kier molecular flexibility index (Phi) is 2.64. The van der Waals surface area contributed by atoms with Crippen molar-refractivity contribution in [1.29, 1.82) is 0 Å². The predicted molar refractivity (Wildman–Crippen MR) is 60.5 cm³/mol. The van der Waals surface area contributed by atoms with Crippen LogP contribution in [-0.2, 0) is 6.42 Å². The molecule has 0 aliphatic carbocycles. The van der Waals surface area contributed by atoms with Crippen LogP contribution in [0.1, 0.15) is 25.0 Å². The summed E-state index contributed by atoms with van der Waals surface area (Å²) >= 11 is 0. The normalized spacial score (nSPS) is 10.9. The van der Waals surface area contributed by atoms with Gasteiger partial charge in [0.2, 0.25) is 11.8 Å². The van der Waals surface area contributed by atoms with Gasteiger partial charge >= 0.3 is 0 Å². The third kappa shape index (κ3) is 1.46. The molecule has 0 amide bonds. The van der Waals surface area contributed by atoms with Crippen molar-refractivity contribution < 1.29 is 4.74 Å². The van der Waals surface area contributed by atoms with Crippen LogP contribution in [0.5, 0.6) is 5.88 Å². The number of fused-ring (bicyclic) bond motifs is 1. The second-order valence-electron chi connectivity index (χ2n) is 3.49. The first kappa shape index (κ1) is 10.7. The average Bonchev–Trinajstić information content (AvgIpc) is 2.62. The van der Waals surface area contributed by atoms with E-state index in [1.807, 2.05) is 13.8 Å². The molecule has 0 aromatic carbocycles. The number of nitrogens with zero attached hydrogens (tertiary/aromatic N) is 4. The Morgan fingerprint density at radius 2 is 2.06 bits per heavy atom. The minimum Gasteiger partial charge on any atom is -0.477 e. The summed E-state index contributed by atoms with van der Waals surface area (Å²) in [5, 5.41) is 12.1. The van der Waals surface area contributed by atoms with Gasteiger partial charge in [-0.3, -0.25) is 0 Å². The topological polar surface area (TPSA) is 78.3 Å².